The van der Waals surface area contributed by atoms with Crippen LogP contribution in [-0.4, -0.2) is 10.2 Å². The molecule has 2 N–H and O–H groups in total. The van der Waals surface area contributed by atoms with Gasteiger partial charge in [0.15, 0.2) is 5.01 Å². The number of hydrogen-bond donors (Lipinski definition) is 1. The molecule has 0 aliphatic carbocycles. The first-order valence-electron chi connectivity index (χ1n) is 4.62. The molecule has 2 aromatic rings. The molecule has 0 saturated carbocycles. The Morgan fingerprint density at radius 3 is 2.88 bits per heavy atom. The van der Waals surface area contributed by atoms with Gasteiger partial charge in [-0.15, -0.1) is 10.2 Å². The van der Waals surface area contributed by atoms with Crippen molar-refractivity contribution >= 4 is 16.5 Å². The molecule has 0 bridgehead atoms. The van der Waals surface area contributed by atoms with E-state index in [9.17, 15) is 4.39 Å². The maximum atomic E-state index is 13.2. The van der Waals surface area contributed by atoms with Crippen molar-refractivity contribution in [2.75, 3.05) is 5.73 Å². The van der Waals surface area contributed by atoms with Gasteiger partial charge in [0, 0.05) is 6.07 Å². The number of nitrogens with two attached hydrogens (primary N) is 1. The van der Waals surface area contributed by atoms with Crippen molar-refractivity contribution in [3.8, 4) is 5.75 Å². The van der Waals surface area contributed by atoms with Gasteiger partial charge in [-0.05, 0) is 18.6 Å². The van der Waals surface area contributed by atoms with Gasteiger partial charge in [0.2, 0.25) is 5.13 Å². The highest BCUT2D eigenvalue weighted by molar-refractivity contribution is 7.15. The van der Waals surface area contributed by atoms with E-state index in [1.165, 1.54) is 17.4 Å². The minimum Gasteiger partial charge on any atom is -0.486 e. The lowest BCUT2D eigenvalue weighted by Crippen LogP contribution is -1.95. The van der Waals surface area contributed by atoms with E-state index < -0.39 is 0 Å². The van der Waals surface area contributed by atoms with Crippen LogP contribution in [0.4, 0.5) is 9.52 Å². The van der Waals surface area contributed by atoms with E-state index >= 15 is 0 Å². The van der Waals surface area contributed by atoms with Gasteiger partial charge in [0.1, 0.15) is 18.2 Å². The summed E-state index contributed by atoms with van der Waals surface area (Å²) in [4.78, 5) is 0. The largest absolute Gasteiger partial charge is 0.486 e. The van der Waals surface area contributed by atoms with E-state index in [0.29, 0.717) is 21.5 Å². The summed E-state index contributed by atoms with van der Waals surface area (Å²) < 4.78 is 18.5. The molecule has 2 rings (SSSR count). The van der Waals surface area contributed by atoms with E-state index in [1.54, 1.807) is 19.1 Å². The predicted octanol–water partition coefficient (Wildman–Crippen LogP) is 2.15. The number of nitrogens with zero attached hydrogens (tertiary/aromatic N) is 2. The molecule has 0 radical (unpaired) electrons. The zero-order valence-corrected chi connectivity index (χ0v) is 9.42. The predicted molar refractivity (Wildman–Crippen MR) is 59.8 cm³/mol. The number of halogens is 1. The summed E-state index contributed by atoms with van der Waals surface area (Å²) in [5, 5.41) is 8.51. The van der Waals surface area contributed by atoms with Crippen LogP contribution in [0.15, 0.2) is 18.2 Å². The maximum Gasteiger partial charge on any atom is 0.203 e. The molecule has 0 aliphatic rings. The zero-order chi connectivity index (χ0) is 11.5. The van der Waals surface area contributed by atoms with Crippen LogP contribution in [0.1, 0.15) is 10.6 Å². The number of rotatable bonds is 3. The lowest BCUT2D eigenvalue weighted by molar-refractivity contribution is 0.303. The van der Waals surface area contributed by atoms with Crippen molar-refractivity contribution < 1.29 is 9.13 Å². The molecule has 4 nitrogen and oxygen atoms in total. The van der Waals surface area contributed by atoms with Crippen molar-refractivity contribution in [3.05, 3.63) is 34.6 Å². The molecule has 0 aliphatic heterocycles. The van der Waals surface area contributed by atoms with Crippen molar-refractivity contribution in [2.24, 2.45) is 0 Å². The molecule has 0 saturated heterocycles. The fraction of sp³-hybridized carbons (Fsp3) is 0.200. The first-order valence-corrected chi connectivity index (χ1v) is 5.43. The van der Waals surface area contributed by atoms with Gasteiger partial charge >= 0.3 is 0 Å². The van der Waals surface area contributed by atoms with Crippen LogP contribution in [0.2, 0.25) is 0 Å². The normalized spacial score (nSPS) is 10.4. The average Bonchev–Trinajstić information content (AvgIpc) is 2.66. The van der Waals surface area contributed by atoms with Crippen LogP contribution in [0.25, 0.3) is 0 Å². The van der Waals surface area contributed by atoms with Gasteiger partial charge < -0.3 is 10.5 Å². The fourth-order valence-electron chi connectivity index (χ4n) is 1.13. The van der Waals surface area contributed by atoms with E-state index in [0.717, 1.165) is 0 Å². The Morgan fingerprint density at radius 2 is 2.25 bits per heavy atom. The molecular weight excluding hydrogens is 229 g/mol. The minimum absolute atomic E-state index is 0.247. The number of aryl methyl sites for hydroxylation is 1. The number of nitrogen functional groups attached to an aromatic ring is 1. The van der Waals surface area contributed by atoms with E-state index in [4.69, 9.17) is 10.5 Å². The summed E-state index contributed by atoms with van der Waals surface area (Å²) >= 11 is 1.25. The highest BCUT2D eigenvalue weighted by atomic mass is 32.1. The number of aromatic nitrogens is 2. The number of ether oxygens (including phenoxy) is 1. The maximum absolute atomic E-state index is 13.2. The molecule has 16 heavy (non-hydrogen) atoms. The van der Waals surface area contributed by atoms with Crippen LogP contribution in [0.3, 0.4) is 0 Å². The van der Waals surface area contributed by atoms with Gasteiger partial charge in [-0.2, -0.15) is 0 Å². The summed E-state index contributed by atoms with van der Waals surface area (Å²) in [6.45, 7) is 1.95. The Kier molecular flexibility index (Phi) is 3.00. The molecule has 0 unspecified atom stereocenters. The molecule has 0 fully saturated rings. The quantitative estimate of drug-likeness (QED) is 0.891. The van der Waals surface area contributed by atoms with Gasteiger partial charge in [0.25, 0.3) is 0 Å². The van der Waals surface area contributed by atoms with E-state index in [-0.39, 0.29) is 12.4 Å². The van der Waals surface area contributed by atoms with E-state index in [2.05, 4.69) is 10.2 Å². The molecule has 84 valence electrons. The van der Waals surface area contributed by atoms with Crippen LogP contribution in [0.5, 0.6) is 5.75 Å². The molecular formula is C10H10FN3OS. The first kappa shape index (κ1) is 10.8. The van der Waals surface area contributed by atoms with E-state index in [1.807, 2.05) is 0 Å². The van der Waals surface area contributed by atoms with Gasteiger partial charge in [-0.25, -0.2) is 4.39 Å². The molecule has 0 amide bonds. The zero-order valence-electron chi connectivity index (χ0n) is 8.61. The molecule has 1 aromatic heterocycles. The van der Waals surface area contributed by atoms with Crippen molar-refractivity contribution in [1.82, 2.24) is 10.2 Å². The lowest BCUT2D eigenvalue weighted by Gasteiger charge is -2.04. The second-order valence-electron chi connectivity index (χ2n) is 3.23. The third-order valence-corrected chi connectivity index (χ3v) is 2.71. The minimum atomic E-state index is -0.283. The summed E-state index contributed by atoms with van der Waals surface area (Å²) in [5.41, 5.74) is 6.01. The van der Waals surface area contributed by atoms with Crippen LogP contribution in [-0.2, 0) is 6.61 Å². The molecule has 0 atom stereocenters. The highest BCUT2D eigenvalue weighted by Crippen LogP contribution is 2.18. The van der Waals surface area contributed by atoms with Gasteiger partial charge in [0.05, 0.1) is 0 Å². The van der Waals surface area contributed by atoms with Crippen molar-refractivity contribution in [2.45, 2.75) is 13.5 Å². The Balaban J connectivity index is 2.02. The van der Waals surface area contributed by atoms with Crippen molar-refractivity contribution in [1.29, 1.82) is 0 Å². The number of benzene rings is 1. The summed E-state index contributed by atoms with van der Waals surface area (Å²) in [6, 6.07) is 4.72. The third kappa shape index (κ3) is 2.46. The van der Waals surface area contributed by atoms with Gasteiger partial charge in [-0.3, -0.25) is 0 Å². The Hall–Kier alpha value is -1.69. The summed E-state index contributed by atoms with van der Waals surface area (Å²) in [7, 11) is 0. The molecule has 1 aromatic carbocycles. The topological polar surface area (TPSA) is 61.0 Å². The summed E-state index contributed by atoms with van der Waals surface area (Å²) in [6.07, 6.45) is 0. The lowest BCUT2D eigenvalue weighted by atomic mass is 10.2. The van der Waals surface area contributed by atoms with Crippen LogP contribution >= 0.6 is 11.3 Å². The summed E-state index contributed by atoms with van der Waals surface area (Å²) in [5.74, 6) is 0.186. The Bertz CT molecular complexity index is 501. The number of hydrogen-bond acceptors (Lipinski definition) is 5. The second-order valence-corrected chi connectivity index (χ2v) is 4.33. The molecule has 6 heteroatoms. The monoisotopic (exact) mass is 239 g/mol. The average molecular weight is 239 g/mol. The second kappa shape index (κ2) is 4.44. The molecule has 1 heterocycles. The highest BCUT2D eigenvalue weighted by Gasteiger charge is 2.04. The third-order valence-electron chi connectivity index (χ3n) is 1.99. The van der Waals surface area contributed by atoms with Crippen LogP contribution in [0, 0.1) is 12.7 Å². The standard InChI is InChI=1S/C10H10FN3OS/c1-6-2-3-7(4-8(6)11)15-5-9-13-14-10(12)16-9/h2-4H,5H2,1H3,(H2,12,14). The fourth-order valence-corrected chi connectivity index (χ4v) is 1.66. The Morgan fingerprint density at radius 1 is 1.44 bits per heavy atom. The smallest absolute Gasteiger partial charge is 0.203 e. The van der Waals surface area contributed by atoms with Crippen molar-refractivity contribution in [3.63, 3.8) is 0 Å². The SMILES string of the molecule is Cc1ccc(OCc2nnc(N)s2)cc1F. The van der Waals surface area contributed by atoms with Gasteiger partial charge in [-0.1, -0.05) is 17.4 Å². The van der Waals surface area contributed by atoms with Crippen LogP contribution < -0.4 is 10.5 Å². The Labute approximate surface area is 95.9 Å². The first-order chi connectivity index (χ1) is 7.65. The number of anilines is 1. The molecule has 0 spiro atoms.